The third-order valence-electron chi connectivity index (χ3n) is 6.74. The molecule has 0 aliphatic heterocycles. The largest absolute Gasteiger partial charge is 0.398 e. The standard InChI is InChI=1S/C18H25NO/c1-18-10-9-13-12(14(18)7-8-16(18)20)6-5-11-3-2-4-15(19)17(11)13/h2-4,12-14,16,20H,5-10,19H2,1H3/t12-,13+,14+,16+,18+/m1/s1. The van der Waals surface area contributed by atoms with E-state index < -0.39 is 0 Å². The van der Waals surface area contributed by atoms with Gasteiger partial charge in [-0.25, -0.2) is 0 Å². The molecule has 108 valence electrons. The number of hydrogen-bond acceptors (Lipinski definition) is 2. The summed E-state index contributed by atoms with van der Waals surface area (Å²) >= 11 is 0. The van der Waals surface area contributed by atoms with Crippen LogP contribution in [-0.4, -0.2) is 11.2 Å². The normalized spacial score (nSPS) is 42.7. The fraction of sp³-hybridized carbons (Fsp3) is 0.667. The molecule has 0 saturated heterocycles. The molecule has 0 aromatic heterocycles. The minimum absolute atomic E-state index is 0.0806. The number of aliphatic hydroxyl groups excluding tert-OH is 1. The van der Waals surface area contributed by atoms with Gasteiger partial charge in [0, 0.05) is 5.69 Å². The van der Waals surface area contributed by atoms with Crippen LogP contribution >= 0.6 is 0 Å². The molecule has 2 saturated carbocycles. The second-order valence-corrected chi connectivity index (χ2v) is 7.47. The number of anilines is 1. The maximum absolute atomic E-state index is 10.4. The van der Waals surface area contributed by atoms with E-state index in [1.807, 2.05) is 0 Å². The van der Waals surface area contributed by atoms with Crippen molar-refractivity contribution in [3.8, 4) is 0 Å². The first-order valence-electron chi connectivity index (χ1n) is 8.16. The molecule has 2 nitrogen and oxygen atoms in total. The van der Waals surface area contributed by atoms with E-state index in [2.05, 4.69) is 25.1 Å². The van der Waals surface area contributed by atoms with E-state index in [1.165, 1.54) is 36.8 Å². The average Bonchev–Trinajstić information content (AvgIpc) is 2.75. The molecule has 0 unspecified atom stereocenters. The number of rotatable bonds is 0. The summed E-state index contributed by atoms with van der Waals surface area (Å²) in [6, 6.07) is 6.43. The van der Waals surface area contributed by atoms with Gasteiger partial charge in [0.1, 0.15) is 0 Å². The Morgan fingerprint density at radius 1 is 1.20 bits per heavy atom. The van der Waals surface area contributed by atoms with E-state index in [0.29, 0.717) is 11.8 Å². The smallest absolute Gasteiger partial charge is 0.0596 e. The van der Waals surface area contributed by atoms with Crippen molar-refractivity contribution in [2.24, 2.45) is 17.3 Å². The second-order valence-electron chi connectivity index (χ2n) is 7.47. The highest BCUT2D eigenvalue weighted by Crippen LogP contribution is 2.61. The van der Waals surface area contributed by atoms with Crippen LogP contribution in [0.15, 0.2) is 18.2 Å². The van der Waals surface area contributed by atoms with E-state index in [1.54, 1.807) is 0 Å². The van der Waals surface area contributed by atoms with Gasteiger partial charge in [0.2, 0.25) is 0 Å². The average molecular weight is 271 g/mol. The molecule has 3 N–H and O–H groups in total. The predicted octanol–water partition coefficient (Wildman–Crippen LogP) is 3.49. The van der Waals surface area contributed by atoms with Gasteiger partial charge >= 0.3 is 0 Å². The molecule has 0 amide bonds. The number of nitrogens with two attached hydrogens (primary N) is 1. The highest BCUT2D eigenvalue weighted by molar-refractivity contribution is 5.54. The topological polar surface area (TPSA) is 46.2 Å². The molecule has 4 rings (SSSR count). The van der Waals surface area contributed by atoms with E-state index in [4.69, 9.17) is 5.73 Å². The number of benzene rings is 1. The number of nitrogen functional groups attached to an aromatic ring is 1. The summed E-state index contributed by atoms with van der Waals surface area (Å²) in [6.07, 6.45) is 6.95. The van der Waals surface area contributed by atoms with Crippen molar-refractivity contribution in [3.05, 3.63) is 29.3 Å². The van der Waals surface area contributed by atoms with Gasteiger partial charge < -0.3 is 10.8 Å². The van der Waals surface area contributed by atoms with Crippen LogP contribution in [0.4, 0.5) is 5.69 Å². The third-order valence-corrected chi connectivity index (χ3v) is 6.74. The molecule has 1 aromatic rings. The van der Waals surface area contributed by atoms with Crippen molar-refractivity contribution in [2.45, 2.75) is 57.5 Å². The zero-order valence-corrected chi connectivity index (χ0v) is 12.3. The van der Waals surface area contributed by atoms with Gasteiger partial charge in [-0.15, -0.1) is 0 Å². The number of aryl methyl sites for hydroxylation is 1. The number of hydrogen-bond donors (Lipinski definition) is 2. The van der Waals surface area contributed by atoms with Crippen LogP contribution in [0.3, 0.4) is 0 Å². The molecule has 0 heterocycles. The van der Waals surface area contributed by atoms with Crippen LogP contribution in [-0.2, 0) is 6.42 Å². The molecule has 0 spiro atoms. The first kappa shape index (κ1) is 12.7. The van der Waals surface area contributed by atoms with Crippen LogP contribution in [0.2, 0.25) is 0 Å². The van der Waals surface area contributed by atoms with Crippen LogP contribution in [0.25, 0.3) is 0 Å². The minimum Gasteiger partial charge on any atom is -0.398 e. The van der Waals surface area contributed by atoms with Crippen LogP contribution in [0.1, 0.15) is 56.1 Å². The van der Waals surface area contributed by atoms with Gasteiger partial charge in [-0.3, -0.25) is 0 Å². The third kappa shape index (κ3) is 1.54. The molecule has 0 radical (unpaired) electrons. The van der Waals surface area contributed by atoms with E-state index in [-0.39, 0.29) is 11.5 Å². The lowest BCUT2D eigenvalue weighted by atomic mass is 9.55. The van der Waals surface area contributed by atoms with Crippen molar-refractivity contribution in [1.82, 2.24) is 0 Å². The van der Waals surface area contributed by atoms with Gasteiger partial charge in [-0.2, -0.15) is 0 Å². The molecule has 1 aromatic carbocycles. The zero-order valence-electron chi connectivity index (χ0n) is 12.3. The van der Waals surface area contributed by atoms with Gasteiger partial charge in [-0.05, 0) is 78.9 Å². The van der Waals surface area contributed by atoms with Crippen LogP contribution in [0.5, 0.6) is 0 Å². The zero-order chi connectivity index (χ0) is 13.9. The highest BCUT2D eigenvalue weighted by atomic mass is 16.3. The highest BCUT2D eigenvalue weighted by Gasteiger charge is 2.54. The molecule has 0 bridgehead atoms. The van der Waals surface area contributed by atoms with Crippen molar-refractivity contribution in [2.75, 3.05) is 5.73 Å². The van der Waals surface area contributed by atoms with Crippen LogP contribution in [0, 0.1) is 17.3 Å². The Hall–Kier alpha value is -1.02. The molecule has 3 aliphatic rings. The lowest BCUT2D eigenvalue weighted by Crippen LogP contribution is -2.44. The van der Waals surface area contributed by atoms with E-state index in [9.17, 15) is 5.11 Å². The Balaban J connectivity index is 1.75. The Morgan fingerprint density at radius 3 is 2.90 bits per heavy atom. The fourth-order valence-corrected chi connectivity index (χ4v) is 5.65. The Kier molecular flexibility index (Phi) is 2.69. The van der Waals surface area contributed by atoms with E-state index in [0.717, 1.165) is 24.4 Å². The molecular formula is C18H25NO. The first-order chi connectivity index (χ1) is 9.61. The molecule has 2 heteroatoms. The molecule has 20 heavy (non-hydrogen) atoms. The van der Waals surface area contributed by atoms with Gasteiger partial charge in [0.15, 0.2) is 0 Å². The van der Waals surface area contributed by atoms with Crippen LogP contribution < -0.4 is 5.73 Å². The minimum atomic E-state index is -0.0806. The maximum Gasteiger partial charge on any atom is 0.0596 e. The Morgan fingerprint density at radius 2 is 2.05 bits per heavy atom. The number of fused-ring (bicyclic) bond motifs is 5. The van der Waals surface area contributed by atoms with E-state index >= 15 is 0 Å². The quantitative estimate of drug-likeness (QED) is 0.710. The summed E-state index contributed by atoms with van der Waals surface area (Å²) in [4.78, 5) is 0. The lowest BCUT2D eigenvalue weighted by Gasteiger charge is -2.50. The summed E-state index contributed by atoms with van der Waals surface area (Å²) in [5, 5.41) is 10.4. The lowest BCUT2D eigenvalue weighted by molar-refractivity contribution is -0.0224. The molecule has 3 aliphatic carbocycles. The van der Waals surface area contributed by atoms with Crippen molar-refractivity contribution in [1.29, 1.82) is 0 Å². The fourth-order valence-electron chi connectivity index (χ4n) is 5.65. The van der Waals surface area contributed by atoms with Crippen molar-refractivity contribution < 1.29 is 5.11 Å². The maximum atomic E-state index is 10.4. The Labute approximate surface area is 121 Å². The predicted molar refractivity (Wildman–Crippen MR) is 81.5 cm³/mol. The summed E-state index contributed by atoms with van der Waals surface area (Å²) < 4.78 is 0. The Bertz CT molecular complexity index is 540. The number of aliphatic hydroxyl groups is 1. The molecule has 2 fully saturated rings. The second kappa shape index (κ2) is 4.24. The van der Waals surface area contributed by atoms with Crippen molar-refractivity contribution >= 4 is 5.69 Å². The summed E-state index contributed by atoms with van der Waals surface area (Å²) in [5.41, 5.74) is 10.4. The summed E-state index contributed by atoms with van der Waals surface area (Å²) in [6.45, 7) is 2.33. The monoisotopic (exact) mass is 271 g/mol. The molecule has 5 atom stereocenters. The van der Waals surface area contributed by atoms with Crippen molar-refractivity contribution in [3.63, 3.8) is 0 Å². The first-order valence-corrected chi connectivity index (χ1v) is 8.16. The van der Waals surface area contributed by atoms with Gasteiger partial charge in [0.25, 0.3) is 0 Å². The SMILES string of the molecule is C[C@]12CC[C@@H]3c4c(N)cccc4CC[C@H]3[C@@H]1CC[C@@H]2O. The summed E-state index contributed by atoms with van der Waals surface area (Å²) in [5.74, 6) is 2.08. The summed E-state index contributed by atoms with van der Waals surface area (Å²) in [7, 11) is 0. The van der Waals surface area contributed by atoms with Gasteiger partial charge in [0.05, 0.1) is 6.10 Å². The molecular weight excluding hydrogens is 246 g/mol. The van der Waals surface area contributed by atoms with Gasteiger partial charge in [-0.1, -0.05) is 19.1 Å².